The molecule has 0 saturated carbocycles. The van der Waals surface area contributed by atoms with E-state index in [2.05, 4.69) is 10.3 Å². The molecule has 0 aliphatic rings. The first kappa shape index (κ1) is 18.8. The third-order valence-electron chi connectivity index (χ3n) is 4.15. The Hall–Kier alpha value is -3.03. The van der Waals surface area contributed by atoms with E-state index < -0.39 is 12.0 Å². The molecule has 0 radical (unpaired) electrons. The smallest absolute Gasteiger partial charge is 0.320 e. The number of carbonyl (C=O) groups is 2. The van der Waals surface area contributed by atoms with Crippen LogP contribution in [0.25, 0.3) is 5.69 Å². The summed E-state index contributed by atoms with van der Waals surface area (Å²) in [6.45, 7) is 0. The van der Waals surface area contributed by atoms with Crippen LogP contribution in [0.5, 0.6) is 0 Å². The molecule has 1 atom stereocenters. The second-order valence-electron chi connectivity index (χ2n) is 6.03. The van der Waals surface area contributed by atoms with Gasteiger partial charge in [0.15, 0.2) is 5.78 Å². The summed E-state index contributed by atoms with van der Waals surface area (Å²) in [6.07, 6.45) is 3.39. The summed E-state index contributed by atoms with van der Waals surface area (Å²) in [6, 6.07) is 11.1. The number of nitrogens with two attached hydrogens (primary N) is 1. The van der Waals surface area contributed by atoms with E-state index in [1.54, 1.807) is 48.7 Å². The number of rotatable bonds is 7. The summed E-state index contributed by atoms with van der Waals surface area (Å²) in [4.78, 5) is 24.0. The van der Waals surface area contributed by atoms with Crippen LogP contribution in [-0.4, -0.2) is 37.9 Å². The molecular weight excluding hydrogens is 368 g/mol. The molecule has 2 aromatic carbocycles. The highest BCUT2D eigenvalue weighted by Crippen LogP contribution is 2.22. The van der Waals surface area contributed by atoms with Gasteiger partial charge in [0.05, 0.1) is 18.1 Å². The first-order chi connectivity index (χ1) is 13.0. The first-order valence-corrected chi connectivity index (χ1v) is 8.58. The van der Waals surface area contributed by atoms with E-state index in [1.165, 1.54) is 10.9 Å². The molecule has 27 heavy (non-hydrogen) atoms. The van der Waals surface area contributed by atoms with Crippen LogP contribution in [0.15, 0.2) is 54.9 Å². The number of carboxylic acids is 1. The maximum absolute atomic E-state index is 13.0. The first-order valence-electron chi connectivity index (χ1n) is 8.20. The van der Waals surface area contributed by atoms with E-state index in [4.69, 9.17) is 22.4 Å². The van der Waals surface area contributed by atoms with Crippen LogP contribution in [0.2, 0.25) is 5.02 Å². The topological polar surface area (TPSA) is 111 Å². The normalized spacial score (nSPS) is 11.9. The van der Waals surface area contributed by atoms with Gasteiger partial charge in [0.2, 0.25) is 0 Å². The lowest BCUT2D eigenvalue weighted by atomic mass is 9.94. The number of carbonyl (C=O) groups excluding carboxylic acids is 1. The number of carboxylic acid groups (broad SMARTS) is 1. The second-order valence-corrected chi connectivity index (χ2v) is 6.46. The molecule has 0 spiro atoms. The minimum absolute atomic E-state index is 0.0878. The molecule has 3 rings (SSSR count). The fourth-order valence-electron chi connectivity index (χ4n) is 2.79. The minimum atomic E-state index is -1.08. The molecule has 0 bridgehead atoms. The Labute approximate surface area is 160 Å². The van der Waals surface area contributed by atoms with Crippen molar-refractivity contribution >= 4 is 23.4 Å². The Morgan fingerprint density at radius 3 is 2.59 bits per heavy atom. The van der Waals surface area contributed by atoms with Crippen LogP contribution in [-0.2, 0) is 17.6 Å². The number of ketones is 1. The molecule has 0 aliphatic carbocycles. The van der Waals surface area contributed by atoms with Gasteiger partial charge < -0.3 is 10.8 Å². The number of halogens is 1. The molecular formula is C19H17ClN4O3. The van der Waals surface area contributed by atoms with Gasteiger partial charge in [0, 0.05) is 17.0 Å². The molecule has 0 fully saturated rings. The van der Waals surface area contributed by atoms with Crippen molar-refractivity contribution in [3.05, 3.63) is 76.6 Å². The average molecular weight is 385 g/mol. The Balaban J connectivity index is 1.91. The number of hydrogen-bond acceptors (Lipinski definition) is 5. The van der Waals surface area contributed by atoms with Crippen molar-refractivity contribution in [2.24, 2.45) is 5.73 Å². The zero-order chi connectivity index (χ0) is 19.4. The van der Waals surface area contributed by atoms with Crippen LogP contribution in [0.3, 0.4) is 0 Å². The molecule has 3 aromatic rings. The van der Waals surface area contributed by atoms with Gasteiger partial charge in [0.1, 0.15) is 6.04 Å². The van der Waals surface area contributed by atoms with Gasteiger partial charge in [-0.15, -0.1) is 5.10 Å². The molecule has 0 amide bonds. The van der Waals surface area contributed by atoms with Crippen LogP contribution in [0.1, 0.15) is 21.5 Å². The maximum atomic E-state index is 13.0. The highest BCUT2D eigenvalue weighted by molar-refractivity contribution is 6.31. The Morgan fingerprint density at radius 2 is 1.93 bits per heavy atom. The summed E-state index contributed by atoms with van der Waals surface area (Å²) in [5.74, 6) is -1.25. The van der Waals surface area contributed by atoms with E-state index in [0.717, 1.165) is 11.1 Å². The Morgan fingerprint density at radius 1 is 1.19 bits per heavy atom. The van der Waals surface area contributed by atoms with Gasteiger partial charge in [0.25, 0.3) is 0 Å². The maximum Gasteiger partial charge on any atom is 0.320 e. The van der Waals surface area contributed by atoms with E-state index in [0.29, 0.717) is 16.3 Å². The minimum Gasteiger partial charge on any atom is -0.480 e. The number of benzene rings is 2. The van der Waals surface area contributed by atoms with Gasteiger partial charge in [-0.1, -0.05) is 41.1 Å². The number of aromatic nitrogens is 3. The summed E-state index contributed by atoms with van der Waals surface area (Å²) in [5.41, 5.74) is 8.08. The number of nitrogens with zero attached hydrogens (tertiary/aromatic N) is 3. The Kier molecular flexibility index (Phi) is 5.63. The molecule has 0 saturated heterocycles. The van der Waals surface area contributed by atoms with Crippen molar-refractivity contribution in [1.82, 2.24) is 15.0 Å². The molecule has 0 unspecified atom stereocenters. The highest BCUT2D eigenvalue weighted by atomic mass is 35.5. The fourth-order valence-corrected chi connectivity index (χ4v) is 2.96. The van der Waals surface area contributed by atoms with Gasteiger partial charge >= 0.3 is 5.97 Å². The summed E-state index contributed by atoms with van der Waals surface area (Å²) < 4.78 is 1.50. The lowest BCUT2D eigenvalue weighted by molar-refractivity contribution is -0.138. The van der Waals surface area contributed by atoms with Crippen molar-refractivity contribution in [3.8, 4) is 5.69 Å². The largest absolute Gasteiger partial charge is 0.480 e. The van der Waals surface area contributed by atoms with Crippen molar-refractivity contribution in [2.75, 3.05) is 0 Å². The predicted molar refractivity (Wildman–Crippen MR) is 100 cm³/mol. The van der Waals surface area contributed by atoms with E-state index >= 15 is 0 Å². The molecule has 138 valence electrons. The van der Waals surface area contributed by atoms with E-state index in [1.807, 2.05) is 0 Å². The van der Waals surface area contributed by atoms with Gasteiger partial charge in [-0.25, -0.2) is 4.68 Å². The number of Topliss-reactive ketones (excluding diaryl/α,β-unsaturated/α-hetero) is 1. The monoisotopic (exact) mass is 384 g/mol. The van der Waals surface area contributed by atoms with Crippen molar-refractivity contribution in [2.45, 2.75) is 18.9 Å². The summed E-state index contributed by atoms with van der Waals surface area (Å²) in [7, 11) is 0. The van der Waals surface area contributed by atoms with Gasteiger partial charge in [-0.05, 0) is 35.7 Å². The SMILES string of the molecule is N[C@@H](Cc1ccccc1CC(=O)c1cc(Cl)ccc1-n1ccnn1)C(=O)O. The standard InChI is InChI=1S/C19H17ClN4O3/c20-14-5-6-17(24-8-7-22-23-24)15(11-14)18(25)10-13-4-2-1-3-12(13)9-16(21)19(26)27/h1-8,11,16H,9-10,21H2,(H,26,27)/t16-/m0/s1. The van der Waals surface area contributed by atoms with E-state index in [9.17, 15) is 9.59 Å². The molecule has 1 heterocycles. The quantitative estimate of drug-likeness (QED) is 0.604. The molecule has 7 nitrogen and oxygen atoms in total. The third kappa shape index (κ3) is 4.39. The van der Waals surface area contributed by atoms with Gasteiger partial charge in [-0.2, -0.15) is 0 Å². The fraction of sp³-hybridized carbons (Fsp3) is 0.158. The van der Waals surface area contributed by atoms with Crippen molar-refractivity contribution < 1.29 is 14.7 Å². The highest BCUT2D eigenvalue weighted by Gasteiger charge is 2.18. The van der Waals surface area contributed by atoms with Crippen LogP contribution in [0, 0.1) is 0 Å². The van der Waals surface area contributed by atoms with Crippen molar-refractivity contribution in [1.29, 1.82) is 0 Å². The lowest BCUT2D eigenvalue weighted by Crippen LogP contribution is -2.32. The third-order valence-corrected chi connectivity index (χ3v) is 4.39. The zero-order valence-corrected chi connectivity index (χ0v) is 15.0. The lowest BCUT2D eigenvalue weighted by Gasteiger charge is -2.13. The molecule has 0 aliphatic heterocycles. The van der Waals surface area contributed by atoms with Crippen LogP contribution in [0.4, 0.5) is 0 Å². The second kappa shape index (κ2) is 8.11. The van der Waals surface area contributed by atoms with Crippen molar-refractivity contribution in [3.63, 3.8) is 0 Å². The molecule has 3 N–H and O–H groups in total. The average Bonchev–Trinajstić information content (AvgIpc) is 3.17. The summed E-state index contributed by atoms with van der Waals surface area (Å²) in [5, 5.41) is 17.2. The number of hydrogen-bond donors (Lipinski definition) is 2. The predicted octanol–water partition coefficient (Wildman–Crippen LogP) is 2.30. The molecule has 1 aromatic heterocycles. The van der Waals surface area contributed by atoms with Crippen LogP contribution < -0.4 is 5.73 Å². The number of aliphatic carboxylic acids is 1. The summed E-state index contributed by atoms with van der Waals surface area (Å²) >= 11 is 6.08. The van der Waals surface area contributed by atoms with Gasteiger partial charge in [-0.3, -0.25) is 9.59 Å². The zero-order valence-electron chi connectivity index (χ0n) is 14.2. The van der Waals surface area contributed by atoms with Crippen LogP contribution >= 0.6 is 11.6 Å². The molecule has 8 heteroatoms. The Bertz CT molecular complexity index is 973. The van der Waals surface area contributed by atoms with E-state index in [-0.39, 0.29) is 18.6 Å².